The summed E-state index contributed by atoms with van der Waals surface area (Å²) in [4.78, 5) is 35.2. The quantitative estimate of drug-likeness (QED) is 0.650. The highest BCUT2D eigenvalue weighted by Gasteiger charge is 2.31. The Bertz CT molecular complexity index is 1170. The number of piperidine rings is 1. The average molecular weight is 448 g/mol. The maximum atomic E-state index is 13.0. The number of carbonyl (C=O) groups is 1. The van der Waals surface area contributed by atoms with Crippen molar-refractivity contribution >= 4 is 11.6 Å². The van der Waals surface area contributed by atoms with Gasteiger partial charge >= 0.3 is 0 Å². The number of nitrogens with zero attached hydrogens (tertiary/aromatic N) is 4. The zero-order valence-corrected chi connectivity index (χ0v) is 19.5. The minimum Gasteiger partial charge on any atom is -0.334 e. The summed E-state index contributed by atoms with van der Waals surface area (Å²) in [6.07, 6.45) is 4.31. The van der Waals surface area contributed by atoms with Crippen LogP contribution in [0.2, 0.25) is 0 Å². The largest absolute Gasteiger partial charge is 0.334 e. The van der Waals surface area contributed by atoms with Crippen LogP contribution in [0, 0.1) is 0 Å². The van der Waals surface area contributed by atoms with Crippen molar-refractivity contribution in [2.75, 3.05) is 19.6 Å². The lowest BCUT2D eigenvalue weighted by Crippen LogP contribution is -2.38. The van der Waals surface area contributed by atoms with Crippen LogP contribution in [0.1, 0.15) is 68.4 Å². The molecule has 0 unspecified atom stereocenters. The van der Waals surface area contributed by atoms with E-state index in [0.29, 0.717) is 24.0 Å². The predicted molar refractivity (Wildman–Crippen MR) is 128 cm³/mol. The highest BCUT2D eigenvalue weighted by Crippen LogP contribution is 2.32. The van der Waals surface area contributed by atoms with Gasteiger partial charge in [0.25, 0.3) is 5.56 Å². The lowest BCUT2D eigenvalue weighted by Gasteiger charge is -2.34. The van der Waals surface area contributed by atoms with Crippen molar-refractivity contribution in [3.63, 3.8) is 0 Å². The smallest absolute Gasteiger partial charge is 0.272 e. The van der Waals surface area contributed by atoms with Crippen LogP contribution < -0.4 is 5.56 Å². The number of aromatic nitrogens is 3. The number of H-pyrrole nitrogens is 1. The maximum absolute atomic E-state index is 13.0. The van der Waals surface area contributed by atoms with Crippen LogP contribution in [0.25, 0.3) is 5.65 Å². The van der Waals surface area contributed by atoms with E-state index in [1.54, 1.807) is 6.07 Å². The fourth-order valence-corrected chi connectivity index (χ4v) is 5.38. The van der Waals surface area contributed by atoms with E-state index in [1.807, 2.05) is 41.3 Å². The van der Waals surface area contributed by atoms with Crippen LogP contribution in [-0.2, 0) is 11.2 Å². The molecule has 33 heavy (non-hydrogen) atoms. The standard InChI is InChI=1S/C26H33N5O2/c1-18(2)29-13-10-20(11-14-29)21-17-26(33)31-24(27-21)16-22(28-31)23-9-6-12-30(23)25(32)15-19-7-4-3-5-8-19/h3-5,7-8,16-18,20,23,28H,6,9-15H2,1-2H3/t23-/m1/s1. The molecule has 2 aliphatic rings. The van der Waals surface area contributed by atoms with E-state index < -0.39 is 0 Å². The molecular weight excluding hydrogens is 414 g/mol. The van der Waals surface area contributed by atoms with Gasteiger partial charge in [0.15, 0.2) is 5.65 Å². The Morgan fingerprint density at radius 3 is 2.58 bits per heavy atom. The molecule has 5 rings (SSSR count). The first-order valence-electron chi connectivity index (χ1n) is 12.2. The van der Waals surface area contributed by atoms with Gasteiger partial charge in [0.1, 0.15) is 0 Å². The van der Waals surface area contributed by atoms with Gasteiger partial charge in [0.05, 0.1) is 23.9 Å². The molecule has 7 nitrogen and oxygen atoms in total. The number of carbonyl (C=O) groups excluding carboxylic acids is 1. The van der Waals surface area contributed by atoms with Crippen LogP contribution >= 0.6 is 0 Å². The Morgan fingerprint density at radius 1 is 1.09 bits per heavy atom. The molecule has 0 aliphatic carbocycles. The lowest BCUT2D eigenvalue weighted by atomic mass is 9.92. The minimum absolute atomic E-state index is 0.0416. The van der Waals surface area contributed by atoms with Gasteiger partial charge in [0.2, 0.25) is 5.91 Å². The summed E-state index contributed by atoms with van der Waals surface area (Å²) in [7, 11) is 0. The van der Waals surface area contributed by atoms with E-state index in [2.05, 4.69) is 23.8 Å². The van der Waals surface area contributed by atoms with Crippen molar-refractivity contribution < 1.29 is 4.79 Å². The zero-order valence-electron chi connectivity index (χ0n) is 19.5. The Kier molecular flexibility index (Phi) is 6.06. The fourth-order valence-electron chi connectivity index (χ4n) is 5.38. The summed E-state index contributed by atoms with van der Waals surface area (Å²) < 4.78 is 1.53. The first kappa shape index (κ1) is 21.9. The van der Waals surface area contributed by atoms with Crippen molar-refractivity contribution in [2.24, 2.45) is 0 Å². The SMILES string of the molecule is CC(C)N1CCC(c2cc(=O)n3[nH]c([C@H]4CCCN4C(=O)Cc4ccccc4)cc3n2)CC1. The first-order chi connectivity index (χ1) is 16.0. The highest BCUT2D eigenvalue weighted by molar-refractivity contribution is 5.79. The average Bonchev–Trinajstić information content (AvgIpc) is 3.47. The Morgan fingerprint density at radius 2 is 1.85 bits per heavy atom. The van der Waals surface area contributed by atoms with Crippen LogP contribution in [0.3, 0.4) is 0 Å². The van der Waals surface area contributed by atoms with Crippen molar-refractivity contribution in [3.05, 3.63) is 69.8 Å². The molecule has 0 bridgehead atoms. The molecule has 2 aliphatic heterocycles. The molecule has 3 aromatic rings. The van der Waals surface area contributed by atoms with Gasteiger partial charge in [-0.15, -0.1) is 0 Å². The van der Waals surface area contributed by atoms with Gasteiger partial charge in [0, 0.05) is 30.6 Å². The maximum Gasteiger partial charge on any atom is 0.272 e. The second kappa shape index (κ2) is 9.14. The first-order valence-corrected chi connectivity index (χ1v) is 12.2. The second-order valence-corrected chi connectivity index (χ2v) is 9.74. The van der Waals surface area contributed by atoms with E-state index in [-0.39, 0.29) is 17.5 Å². The summed E-state index contributed by atoms with van der Waals surface area (Å²) in [6, 6.07) is 14.0. The normalized spacial score (nSPS) is 20.2. The number of nitrogens with one attached hydrogen (secondary N) is 1. The van der Waals surface area contributed by atoms with Gasteiger partial charge in [-0.1, -0.05) is 30.3 Å². The van der Waals surface area contributed by atoms with Gasteiger partial charge in [-0.25, -0.2) is 9.50 Å². The third kappa shape index (κ3) is 4.47. The highest BCUT2D eigenvalue weighted by atomic mass is 16.2. The van der Waals surface area contributed by atoms with E-state index in [0.717, 1.165) is 62.3 Å². The third-order valence-electron chi connectivity index (χ3n) is 7.30. The molecule has 2 fully saturated rings. The molecule has 1 atom stereocenters. The topological polar surface area (TPSA) is 73.7 Å². The molecule has 7 heteroatoms. The van der Waals surface area contributed by atoms with Gasteiger partial charge in [-0.3, -0.25) is 14.7 Å². The van der Waals surface area contributed by atoms with Crippen molar-refractivity contribution in [3.8, 4) is 0 Å². The van der Waals surface area contributed by atoms with Crippen molar-refractivity contribution in [2.45, 2.75) is 64.0 Å². The van der Waals surface area contributed by atoms with Crippen LogP contribution in [0.15, 0.2) is 47.3 Å². The predicted octanol–water partition coefficient (Wildman–Crippen LogP) is 3.52. The summed E-state index contributed by atoms with van der Waals surface area (Å²) in [5.41, 5.74) is 3.40. The number of amides is 1. The molecule has 2 aromatic heterocycles. The zero-order chi connectivity index (χ0) is 22.9. The van der Waals surface area contributed by atoms with Crippen molar-refractivity contribution in [1.82, 2.24) is 24.4 Å². The van der Waals surface area contributed by atoms with E-state index >= 15 is 0 Å². The van der Waals surface area contributed by atoms with Crippen LogP contribution in [-0.4, -0.2) is 56.0 Å². The number of likely N-dealkylation sites (tertiary alicyclic amines) is 2. The number of aromatic amines is 1. The summed E-state index contributed by atoms with van der Waals surface area (Å²) >= 11 is 0. The molecule has 1 amide bonds. The summed E-state index contributed by atoms with van der Waals surface area (Å²) in [5.74, 6) is 0.451. The number of hydrogen-bond donors (Lipinski definition) is 1. The molecule has 0 radical (unpaired) electrons. The van der Waals surface area contributed by atoms with Gasteiger partial charge < -0.3 is 9.80 Å². The summed E-state index contributed by atoms with van der Waals surface area (Å²) in [6.45, 7) is 7.29. The number of benzene rings is 1. The molecule has 1 N–H and O–H groups in total. The molecule has 0 spiro atoms. The van der Waals surface area contributed by atoms with E-state index in [9.17, 15) is 9.59 Å². The van der Waals surface area contributed by atoms with E-state index in [4.69, 9.17) is 4.98 Å². The minimum atomic E-state index is -0.0762. The molecular formula is C26H33N5O2. The van der Waals surface area contributed by atoms with Crippen molar-refractivity contribution in [1.29, 1.82) is 0 Å². The number of fused-ring (bicyclic) bond motifs is 1. The number of rotatable bonds is 5. The monoisotopic (exact) mass is 447 g/mol. The Hall–Kier alpha value is -2.93. The summed E-state index contributed by atoms with van der Waals surface area (Å²) in [5, 5.41) is 3.25. The second-order valence-electron chi connectivity index (χ2n) is 9.74. The fraction of sp³-hybridized carbons (Fsp3) is 0.500. The van der Waals surface area contributed by atoms with Gasteiger partial charge in [-0.2, -0.15) is 0 Å². The number of hydrogen-bond acceptors (Lipinski definition) is 4. The van der Waals surface area contributed by atoms with Crippen LogP contribution in [0.5, 0.6) is 0 Å². The van der Waals surface area contributed by atoms with Crippen LogP contribution in [0.4, 0.5) is 0 Å². The third-order valence-corrected chi connectivity index (χ3v) is 7.30. The van der Waals surface area contributed by atoms with E-state index in [1.165, 1.54) is 4.52 Å². The lowest BCUT2D eigenvalue weighted by molar-refractivity contribution is -0.131. The molecule has 174 valence electrons. The molecule has 0 saturated carbocycles. The molecule has 1 aromatic carbocycles. The van der Waals surface area contributed by atoms with Gasteiger partial charge in [-0.05, 0) is 58.2 Å². The Balaban J connectivity index is 1.36. The molecule has 4 heterocycles. The molecule has 2 saturated heterocycles. The Labute approximate surface area is 194 Å².